The van der Waals surface area contributed by atoms with Gasteiger partial charge in [-0.25, -0.2) is 13.9 Å². The molecule has 1 aliphatic rings. The first kappa shape index (κ1) is 17.4. The number of aromatic nitrogens is 5. The molecule has 0 spiro atoms. The van der Waals surface area contributed by atoms with Gasteiger partial charge in [0.2, 0.25) is 10.1 Å². The molecule has 1 fully saturated rings. The quantitative estimate of drug-likeness (QED) is 0.518. The zero-order valence-electron chi connectivity index (χ0n) is 16.1. The van der Waals surface area contributed by atoms with Crippen LogP contribution in [0.2, 0.25) is 0 Å². The number of aryl methyl sites for hydroxylation is 2. The van der Waals surface area contributed by atoms with Crippen LogP contribution in [0.15, 0.2) is 30.5 Å². The summed E-state index contributed by atoms with van der Waals surface area (Å²) in [4.78, 5) is 7.92. The minimum Gasteiger partial charge on any atom is -0.339 e. The van der Waals surface area contributed by atoms with Crippen LogP contribution >= 0.6 is 11.3 Å². The van der Waals surface area contributed by atoms with Crippen LogP contribution in [0.1, 0.15) is 35.8 Å². The van der Waals surface area contributed by atoms with Gasteiger partial charge in [0.25, 0.3) is 0 Å². The Balaban J connectivity index is 1.49. The number of nitrogens with zero attached hydrogens (tertiary/aromatic N) is 6. The van der Waals surface area contributed by atoms with Gasteiger partial charge in [0.15, 0.2) is 0 Å². The average Bonchev–Trinajstić information content (AvgIpc) is 3.39. The fourth-order valence-electron chi connectivity index (χ4n) is 4.13. The number of imidazole rings is 1. The summed E-state index contributed by atoms with van der Waals surface area (Å²) >= 11 is 1.60. The van der Waals surface area contributed by atoms with Crippen molar-refractivity contribution in [2.45, 2.75) is 32.7 Å². The molecule has 28 heavy (non-hydrogen) atoms. The third-order valence-electron chi connectivity index (χ3n) is 5.57. The van der Waals surface area contributed by atoms with Gasteiger partial charge in [0.1, 0.15) is 5.82 Å². The zero-order chi connectivity index (χ0) is 19.4. The number of rotatable bonds is 3. The summed E-state index contributed by atoms with van der Waals surface area (Å²) in [6.07, 6.45) is 4.16. The van der Waals surface area contributed by atoms with Crippen molar-refractivity contribution in [3.8, 4) is 11.3 Å². The van der Waals surface area contributed by atoms with Crippen molar-refractivity contribution in [1.82, 2.24) is 24.4 Å². The highest BCUT2D eigenvalue weighted by Crippen LogP contribution is 2.40. The molecular weight excluding hydrogens is 375 g/mol. The monoisotopic (exact) mass is 396 g/mol. The van der Waals surface area contributed by atoms with E-state index in [9.17, 15) is 4.39 Å². The number of anilines is 1. The Morgan fingerprint density at radius 3 is 2.61 bits per heavy atom. The maximum absolute atomic E-state index is 13.2. The summed E-state index contributed by atoms with van der Waals surface area (Å²) < 4.78 is 17.0. The molecule has 0 saturated carbocycles. The van der Waals surface area contributed by atoms with Gasteiger partial charge in [-0.15, -0.1) is 5.10 Å². The van der Waals surface area contributed by atoms with Crippen molar-refractivity contribution in [3.63, 3.8) is 0 Å². The Hall–Kier alpha value is -2.74. The van der Waals surface area contributed by atoms with Gasteiger partial charge in [0.05, 0.1) is 23.6 Å². The van der Waals surface area contributed by atoms with E-state index >= 15 is 0 Å². The lowest BCUT2D eigenvalue weighted by Gasteiger charge is -2.24. The van der Waals surface area contributed by atoms with Crippen molar-refractivity contribution in [2.75, 3.05) is 11.4 Å². The average molecular weight is 396 g/mol. The summed E-state index contributed by atoms with van der Waals surface area (Å²) in [7, 11) is 2.00. The first-order chi connectivity index (χ1) is 13.5. The second kappa shape index (κ2) is 6.41. The molecule has 6 nitrogen and oxygen atoms in total. The topological polar surface area (TPSA) is 51.2 Å². The Kier molecular flexibility index (Phi) is 3.97. The maximum Gasteiger partial charge on any atom is 0.214 e. The summed E-state index contributed by atoms with van der Waals surface area (Å²) in [5.74, 6) is -0.244. The predicted octanol–water partition coefficient (Wildman–Crippen LogP) is 4.29. The van der Waals surface area contributed by atoms with E-state index in [2.05, 4.69) is 23.8 Å². The Bertz CT molecular complexity index is 1120. The van der Waals surface area contributed by atoms with Gasteiger partial charge in [-0.3, -0.25) is 4.68 Å². The van der Waals surface area contributed by atoms with Crippen LogP contribution in [0.4, 0.5) is 9.52 Å². The van der Waals surface area contributed by atoms with Gasteiger partial charge in [-0.05, 0) is 51.0 Å². The summed E-state index contributed by atoms with van der Waals surface area (Å²) in [5, 5.41) is 10.4. The molecule has 1 aromatic carbocycles. The first-order valence-electron chi connectivity index (χ1n) is 9.40. The van der Waals surface area contributed by atoms with Gasteiger partial charge < -0.3 is 4.90 Å². The Morgan fingerprint density at radius 2 is 1.93 bits per heavy atom. The van der Waals surface area contributed by atoms with Gasteiger partial charge in [0, 0.05) is 30.4 Å². The van der Waals surface area contributed by atoms with E-state index in [1.807, 2.05) is 22.4 Å². The standard InChI is InChI=1S/C20H21FN6S/c1-12-18(13(2)25(3)23-12)17-5-4-10-26(17)20-24-27-11-16(22-19(27)28-20)14-6-8-15(21)9-7-14/h6-9,11,17H,4-5,10H2,1-3H3. The number of benzene rings is 1. The minimum absolute atomic E-state index is 0.244. The predicted molar refractivity (Wildman–Crippen MR) is 108 cm³/mol. The SMILES string of the molecule is Cc1nn(C)c(C)c1C1CCCN1c1nn2cc(-c3ccc(F)cc3)nc2s1. The Morgan fingerprint density at radius 1 is 1.14 bits per heavy atom. The fourth-order valence-corrected chi connectivity index (χ4v) is 5.09. The molecular formula is C20H21FN6S. The van der Waals surface area contributed by atoms with E-state index in [0.717, 1.165) is 46.4 Å². The van der Waals surface area contributed by atoms with E-state index in [-0.39, 0.29) is 5.82 Å². The minimum atomic E-state index is -0.244. The molecule has 0 aliphatic carbocycles. The lowest BCUT2D eigenvalue weighted by Crippen LogP contribution is -2.23. The van der Waals surface area contributed by atoms with Gasteiger partial charge >= 0.3 is 0 Å². The molecule has 0 bridgehead atoms. The van der Waals surface area contributed by atoms with Crippen LogP contribution in [0.25, 0.3) is 16.2 Å². The Labute approximate surface area is 166 Å². The van der Waals surface area contributed by atoms with Crippen LogP contribution in [0.5, 0.6) is 0 Å². The molecule has 8 heteroatoms. The lowest BCUT2D eigenvalue weighted by atomic mass is 10.0. The van der Waals surface area contributed by atoms with Crippen LogP contribution in [-0.4, -0.2) is 30.9 Å². The second-order valence-corrected chi connectivity index (χ2v) is 8.24. The van der Waals surface area contributed by atoms with Crippen molar-refractivity contribution >= 4 is 21.4 Å². The second-order valence-electron chi connectivity index (χ2n) is 7.30. The number of halogens is 1. The fraction of sp³-hybridized carbons (Fsp3) is 0.350. The molecule has 3 aromatic heterocycles. The zero-order valence-corrected chi connectivity index (χ0v) is 16.9. The lowest BCUT2D eigenvalue weighted by molar-refractivity contribution is 0.628. The highest BCUT2D eigenvalue weighted by molar-refractivity contribution is 7.20. The highest BCUT2D eigenvalue weighted by Gasteiger charge is 2.32. The third-order valence-corrected chi connectivity index (χ3v) is 6.53. The molecule has 144 valence electrons. The summed E-state index contributed by atoms with van der Waals surface area (Å²) in [5.41, 5.74) is 5.33. The number of hydrogen-bond donors (Lipinski definition) is 0. The third kappa shape index (κ3) is 2.71. The molecule has 4 heterocycles. The molecule has 1 atom stereocenters. The van der Waals surface area contributed by atoms with E-state index in [4.69, 9.17) is 10.1 Å². The molecule has 1 aliphatic heterocycles. The highest BCUT2D eigenvalue weighted by atomic mass is 32.1. The van der Waals surface area contributed by atoms with Crippen molar-refractivity contribution < 1.29 is 4.39 Å². The molecule has 1 saturated heterocycles. The smallest absolute Gasteiger partial charge is 0.214 e. The summed E-state index contributed by atoms with van der Waals surface area (Å²) in [6.45, 7) is 5.21. The van der Waals surface area contributed by atoms with E-state index in [1.165, 1.54) is 23.4 Å². The van der Waals surface area contributed by atoms with Crippen LogP contribution in [0.3, 0.4) is 0 Å². The van der Waals surface area contributed by atoms with Crippen molar-refractivity contribution in [3.05, 3.63) is 53.2 Å². The van der Waals surface area contributed by atoms with Crippen molar-refractivity contribution in [1.29, 1.82) is 0 Å². The first-order valence-corrected chi connectivity index (χ1v) is 10.2. The molecule has 0 radical (unpaired) electrons. The normalized spacial score (nSPS) is 17.1. The van der Waals surface area contributed by atoms with E-state index in [0.29, 0.717) is 6.04 Å². The molecule has 1 unspecified atom stereocenters. The van der Waals surface area contributed by atoms with E-state index in [1.54, 1.807) is 23.5 Å². The molecule has 4 aromatic rings. The molecule has 5 rings (SSSR count). The van der Waals surface area contributed by atoms with Crippen LogP contribution < -0.4 is 4.90 Å². The summed E-state index contributed by atoms with van der Waals surface area (Å²) in [6, 6.07) is 6.70. The van der Waals surface area contributed by atoms with E-state index < -0.39 is 0 Å². The number of fused-ring (bicyclic) bond motifs is 1. The molecule has 0 N–H and O–H groups in total. The van der Waals surface area contributed by atoms with Crippen molar-refractivity contribution in [2.24, 2.45) is 7.05 Å². The number of hydrogen-bond acceptors (Lipinski definition) is 5. The van der Waals surface area contributed by atoms with Crippen LogP contribution in [-0.2, 0) is 7.05 Å². The van der Waals surface area contributed by atoms with Crippen LogP contribution in [0, 0.1) is 19.7 Å². The van der Waals surface area contributed by atoms with Gasteiger partial charge in [-0.2, -0.15) is 5.10 Å². The maximum atomic E-state index is 13.2. The van der Waals surface area contributed by atoms with Gasteiger partial charge in [-0.1, -0.05) is 11.3 Å². The molecule has 0 amide bonds. The largest absolute Gasteiger partial charge is 0.339 e.